The van der Waals surface area contributed by atoms with E-state index in [0.29, 0.717) is 0 Å². The minimum atomic E-state index is -0.891. The number of nitrogens with zero attached hydrogens (tertiary/aromatic N) is 3. The first-order chi connectivity index (χ1) is 14.0. The zero-order valence-corrected chi connectivity index (χ0v) is 15.8. The van der Waals surface area contributed by atoms with Gasteiger partial charge in [-0.25, -0.2) is 8.78 Å². The number of Topliss-reactive ketones (excluding diaryl/α,β-unsaturated/α-hetero) is 1. The molecule has 3 aromatic rings. The summed E-state index contributed by atoms with van der Waals surface area (Å²) in [6, 6.07) is 18.3. The number of rotatable bonds is 7. The summed E-state index contributed by atoms with van der Waals surface area (Å²) in [5.74, 6) is -2.44. The zero-order chi connectivity index (χ0) is 20.8. The van der Waals surface area contributed by atoms with E-state index in [9.17, 15) is 13.6 Å². The van der Waals surface area contributed by atoms with Crippen molar-refractivity contribution >= 4 is 5.78 Å². The highest BCUT2D eigenvalue weighted by Crippen LogP contribution is 2.28. The number of aryl methyl sites for hydroxylation is 1. The summed E-state index contributed by atoms with van der Waals surface area (Å²) >= 11 is 0. The molecule has 146 valence electrons. The lowest BCUT2D eigenvalue weighted by Crippen LogP contribution is -2.07. The summed E-state index contributed by atoms with van der Waals surface area (Å²) in [6.45, 7) is 2.02. The van der Waals surface area contributed by atoms with Gasteiger partial charge in [0.1, 0.15) is 11.6 Å². The van der Waals surface area contributed by atoms with Crippen LogP contribution in [0.25, 0.3) is 21.6 Å². The second-order valence-electron chi connectivity index (χ2n) is 6.77. The van der Waals surface area contributed by atoms with Gasteiger partial charge in [0.2, 0.25) is 0 Å². The van der Waals surface area contributed by atoms with Crippen molar-refractivity contribution < 1.29 is 13.6 Å². The molecule has 1 unspecified atom stereocenters. The highest BCUT2D eigenvalue weighted by molar-refractivity contribution is 5.96. The lowest BCUT2D eigenvalue weighted by molar-refractivity contribution is 0.0969. The van der Waals surface area contributed by atoms with Crippen molar-refractivity contribution in [2.24, 2.45) is 5.11 Å². The third kappa shape index (κ3) is 4.86. The number of azide groups is 1. The quantitative estimate of drug-likeness (QED) is 0.186. The second-order valence-corrected chi connectivity index (χ2v) is 6.77. The average Bonchev–Trinajstić information content (AvgIpc) is 2.72. The van der Waals surface area contributed by atoms with Crippen LogP contribution in [0.15, 0.2) is 71.8 Å². The fourth-order valence-corrected chi connectivity index (χ4v) is 3.15. The van der Waals surface area contributed by atoms with E-state index >= 15 is 0 Å². The van der Waals surface area contributed by atoms with Crippen LogP contribution in [0.4, 0.5) is 8.78 Å². The molecule has 0 spiro atoms. The highest BCUT2D eigenvalue weighted by atomic mass is 19.1. The lowest BCUT2D eigenvalue weighted by atomic mass is 9.96. The van der Waals surface area contributed by atoms with E-state index in [0.717, 1.165) is 28.8 Å². The molecule has 0 aliphatic carbocycles. The second kappa shape index (κ2) is 9.13. The van der Waals surface area contributed by atoms with Crippen LogP contribution in [0, 0.1) is 18.6 Å². The maximum absolute atomic E-state index is 13.8. The van der Waals surface area contributed by atoms with Gasteiger partial charge < -0.3 is 0 Å². The molecule has 0 heterocycles. The van der Waals surface area contributed by atoms with Gasteiger partial charge in [0.25, 0.3) is 0 Å². The van der Waals surface area contributed by atoms with Gasteiger partial charge in [-0.15, -0.1) is 0 Å². The normalized spacial score (nSPS) is 11.6. The minimum Gasteiger partial charge on any atom is -0.294 e. The molecule has 0 radical (unpaired) electrons. The van der Waals surface area contributed by atoms with E-state index in [-0.39, 0.29) is 12.8 Å². The molecule has 0 fully saturated rings. The van der Waals surface area contributed by atoms with Crippen molar-refractivity contribution in [3.63, 3.8) is 0 Å². The number of carbonyl (C=O) groups excluding carboxylic acids is 1. The van der Waals surface area contributed by atoms with Crippen LogP contribution in [0.2, 0.25) is 0 Å². The maximum Gasteiger partial charge on any atom is 0.168 e. The molecule has 4 nitrogen and oxygen atoms in total. The number of halogens is 2. The van der Waals surface area contributed by atoms with Crippen molar-refractivity contribution in [1.29, 1.82) is 0 Å². The van der Waals surface area contributed by atoms with E-state index in [1.54, 1.807) is 0 Å². The van der Waals surface area contributed by atoms with Crippen molar-refractivity contribution in [3.8, 4) is 11.1 Å². The Morgan fingerprint density at radius 3 is 2.07 bits per heavy atom. The van der Waals surface area contributed by atoms with Crippen LogP contribution in [0.1, 0.15) is 40.4 Å². The van der Waals surface area contributed by atoms with Crippen LogP contribution in [0.3, 0.4) is 0 Å². The number of ketones is 1. The molecule has 3 rings (SSSR count). The van der Waals surface area contributed by atoms with Gasteiger partial charge in [-0.3, -0.25) is 4.79 Å². The Hall–Kier alpha value is -3.50. The van der Waals surface area contributed by atoms with Crippen LogP contribution in [0.5, 0.6) is 0 Å². The molecule has 0 aromatic heterocycles. The molecule has 0 aliphatic heterocycles. The van der Waals surface area contributed by atoms with E-state index < -0.39 is 29.0 Å². The molecule has 6 heteroatoms. The smallest absolute Gasteiger partial charge is 0.168 e. The Bertz CT molecular complexity index is 1040. The fourth-order valence-electron chi connectivity index (χ4n) is 3.15. The van der Waals surface area contributed by atoms with Crippen LogP contribution in [-0.4, -0.2) is 5.78 Å². The summed E-state index contributed by atoms with van der Waals surface area (Å²) in [5.41, 5.74) is 12.3. The van der Waals surface area contributed by atoms with Crippen LogP contribution in [-0.2, 0) is 0 Å². The van der Waals surface area contributed by atoms with E-state index in [4.69, 9.17) is 5.53 Å². The molecular formula is C23H19F2N3O. The van der Waals surface area contributed by atoms with Gasteiger partial charge in [0.15, 0.2) is 5.78 Å². The number of hydrogen-bond donors (Lipinski definition) is 0. The summed E-state index contributed by atoms with van der Waals surface area (Å²) in [4.78, 5) is 15.1. The predicted octanol–water partition coefficient (Wildman–Crippen LogP) is 6.95. The molecule has 0 aliphatic rings. The Morgan fingerprint density at radius 1 is 0.966 bits per heavy atom. The topological polar surface area (TPSA) is 65.8 Å². The Morgan fingerprint density at radius 2 is 1.52 bits per heavy atom. The Kier molecular flexibility index (Phi) is 6.37. The monoisotopic (exact) mass is 391 g/mol. The van der Waals surface area contributed by atoms with Gasteiger partial charge in [-0.1, -0.05) is 65.3 Å². The molecule has 0 saturated heterocycles. The van der Waals surface area contributed by atoms with Gasteiger partial charge >= 0.3 is 0 Å². The van der Waals surface area contributed by atoms with Crippen LogP contribution < -0.4 is 0 Å². The van der Waals surface area contributed by atoms with Crippen LogP contribution >= 0.6 is 0 Å². The van der Waals surface area contributed by atoms with E-state index in [1.807, 2.05) is 55.5 Å². The first kappa shape index (κ1) is 20.2. The Balaban J connectivity index is 1.75. The maximum atomic E-state index is 13.8. The Labute approximate surface area is 167 Å². The minimum absolute atomic E-state index is 0.138. The summed E-state index contributed by atoms with van der Waals surface area (Å²) in [7, 11) is 0. The largest absolute Gasteiger partial charge is 0.294 e. The highest BCUT2D eigenvalue weighted by Gasteiger charge is 2.19. The van der Waals surface area contributed by atoms with Gasteiger partial charge in [-0.2, -0.15) is 0 Å². The van der Waals surface area contributed by atoms with Crippen molar-refractivity contribution in [2.45, 2.75) is 25.8 Å². The SMILES string of the molecule is Cc1ccc(-c2ccc(C(CCC(=O)c3c(F)cccc3F)N=[N+]=[N-])cc2)cc1. The van der Waals surface area contributed by atoms with Crippen molar-refractivity contribution in [3.05, 3.63) is 105 Å². The molecule has 0 bridgehead atoms. The summed E-state index contributed by atoms with van der Waals surface area (Å²) < 4.78 is 27.6. The zero-order valence-electron chi connectivity index (χ0n) is 15.8. The first-order valence-corrected chi connectivity index (χ1v) is 9.18. The third-order valence-corrected chi connectivity index (χ3v) is 4.76. The fraction of sp³-hybridized carbons (Fsp3) is 0.174. The van der Waals surface area contributed by atoms with Crippen molar-refractivity contribution in [1.82, 2.24) is 0 Å². The average molecular weight is 391 g/mol. The van der Waals surface area contributed by atoms with Crippen molar-refractivity contribution in [2.75, 3.05) is 0 Å². The number of carbonyl (C=O) groups is 1. The molecule has 3 aromatic carbocycles. The van der Waals surface area contributed by atoms with Gasteiger partial charge in [0.05, 0.1) is 11.6 Å². The molecule has 1 atom stereocenters. The third-order valence-electron chi connectivity index (χ3n) is 4.76. The van der Waals surface area contributed by atoms with Gasteiger partial charge in [0, 0.05) is 11.3 Å². The summed E-state index contributed by atoms with van der Waals surface area (Å²) in [5, 5.41) is 3.76. The molecule has 0 N–H and O–H groups in total. The van der Waals surface area contributed by atoms with Gasteiger partial charge in [-0.05, 0) is 47.7 Å². The summed E-state index contributed by atoms with van der Waals surface area (Å²) in [6.07, 6.45) is 0.0157. The molecular weight excluding hydrogens is 372 g/mol. The molecule has 29 heavy (non-hydrogen) atoms. The number of benzene rings is 3. The molecule has 0 amide bonds. The van der Waals surface area contributed by atoms with E-state index in [1.165, 1.54) is 11.6 Å². The lowest BCUT2D eigenvalue weighted by Gasteiger charge is -2.12. The standard InChI is InChI=1S/C23H19F2N3O/c1-15-5-7-16(8-6-15)17-9-11-18(12-10-17)21(27-28-26)13-14-22(29)23-19(24)3-2-4-20(23)25/h2-12,21H,13-14H2,1H3. The first-order valence-electron chi connectivity index (χ1n) is 9.18. The molecule has 0 saturated carbocycles. The number of hydrogen-bond acceptors (Lipinski definition) is 2. The van der Waals surface area contributed by atoms with E-state index in [2.05, 4.69) is 10.0 Å². The predicted molar refractivity (Wildman–Crippen MR) is 108 cm³/mol.